The Labute approximate surface area is 165 Å². The molecule has 27 heavy (non-hydrogen) atoms. The average molecular weight is 395 g/mol. The number of amides is 1. The van der Waals surface area contributed by atoms with E-state index in [1.54, 1.807) is 12.1 Å². The fourth-order valence-electron chi connectivity index (χ4n) is 4.71. The topological polar surface area (TPSA) is 32.8 Å². The summed E-state index contributed by atoms with van der Waals surface area (Å²) in [5, 5.41) is 0.178. The largest absolute Gasteiger partial charge is 0.365 e. The number of likely N-dealkylation sites (tertiary alicyclic amines) is 2. The van der Waals surface area contributed by atoms with Gasteiger partial charge in [-0.25, -0.2) is 4.39 Å². The molecular formula is C21H28ClFN2O2. The minimum absolute atomic E-state index is 0.163. The van der Waals surface area contributed by atoms with Gasteiger partial charge in [-0.05, 0) is 43.4 Å². The van der Waals surface area contributed by atoms with Crippen LogP contribution in [0.4, 0.5) is 4.39 Å². The second-order valence-corrected chi connectivity index (χ2v) is 8.51. The van der Waals surface area contributed by atoms with Gasteiger partial charge in [-0.1, -0.05) is 30.5 Å². The van der Waals surface area contributed by atoms with Gasteiger partial charge in [0.25, 0.3) is 5.91 Å². The lowest BCUT2D eigenvalue weighted by atomic mass is 10.1. The summed E-state index contributed by atoms with van der Waals surface area (Å²) in [6.07, 6.45) is 7.44. The molecule has 6 heteroatoms. The molecule has 4 nitrogen and oxygen atoms in total. The van der Waals surface area contributed by atoms with Gasteiger partial charge in [0.15, 0.2) is 0 Å². The van der Waals surface area contributed by atoms with E-state index >= 15 is 0 Å². The molecule has 1 aliphatic carbocycles. The zero-order chi connectivity index (χ0) is 18.8. The van der Waals surface area contributed by atoms with Crippen LogP contribution in [-0.2, 0) is 16.1 Å². The fourth-order valence-corrected chi connectivity index (χ4v) is 4.91. The van der Waals surface area contributed by atoms with Crippen LogP contribution >= 0.6 is 11.6 Å². The quantitative estimate of drug-likeness (QED) is 0.756. The van der Waals surface area contributed by atoms with Crippen LogP contribution in [0.25, 0.3) is 0 Å². The Balaban J connectivity index is 1.23. The highest BCUT2D eigenvalue weighted by Gasteiger charge is 2.38. The van der Waals surface area contributed by atoms with E-state index in [-0.39, 0.29) is 29.0 Å². The normalized spacial score (nSPS) is 25.6. The monoisotopic (exact) mass is 394 g/mol. The highest BCUT2D eigenvalue weighted by Crippen LogP contribution is 2.29. The van der Waals surface area contributed by atoms with E-state index in [0.717, 1.165) is 63.8 Å². The van der Waals surface area contributed by atoms with Crippen LogP contribution in [-0.4, -0.2) is 53.6 Å². The molecule has 2 aliphatic heterocycles. The Morgan fingerprint density at radius 2 is 1.81 bits per heavy atom. The molecule has 1 unspecified atom stereocenters. The van der Waals surface area contributed by atoms with Gasteiger partial charge in [0, 0.05) is 38.6 Å². The zero-order valence-electron chi connectivity index (χ0n) is 15.7. The Hall–Kier alpha value is -1.17. The third-order valence-corrected chi connectivity index (χ3v) is 6.53. The first-order chi connectivity index (χ1) is 13.1. The second kappa shape index (κ2) is 8.46. The molecule has 0 spiro atoms. The van der Waals surface area contributed by atoms with Crippen molar-refractivity contribution < 1.29 is 13.9 Å². The molecule has 0 bridgehead atoms. The number of ether oxygens (including phenoxy) is 1. The molecule has 1 aromatic rings. The minimum atomic E-state index is -0.375. The Kier molecular flexibility index (Phi) is 6.00. The summed E-state index contributed by atoms with van der Waals surface area (Å²) in [7, 11) is 0. The van der Waals surface area contributed by atoms with Gasteiger partial charge in [-0.3, -0.25) is 9.69 Å². The van der Waals surface area contributed by atoms with E-state index in [2.05, 4.69) is 9.80 Å². The lowest BCUT2D eigenvalue weighted by Gasteiger charge is -2.33. The summed E-state index contributed by atoms with van der Waals surface area (Å²) in [5.74, 6) is -0.161. The van der Waals surface area contributed by atoms with E-state index < -0.39 is 0 Å². The van der Waals surface area contributed by atoms with Crippen molar-refractivity contribution in [2.45, 2.75) is 69.7 Å². The van der Waals surface area contributed by atoms with E-state index in [9.17, 15) is 9.18 Å². The first kappa shape index (κ1) is 19.2. The minimum Gasteiger partial charge on any atom is -0.365 e. The highest BCUT2D eigenvalue weighted by atomic mass is 35.5. The third kappa shape index (κ3) is 4.47. The number of halogens is 2. The van der Waals surface area contributed by atoms with Gasteiger partial charge in [0.1, 0.15) is 11.9 Å². The number of hydrogen-bond acceptors (Lipinski definition) is 3. The molecule has 148 valence electrons. The lowest BCUT2D eigenvalue weighted by Crippen LogP contribution is -2.41. The molecule has 0 radical (unpaired) electrons. The fraction of sp³-hybridized carbons (Fsp3) is 0.667. The Bertz CT molecular complexity index is 672. The molecule has 0 N–H and O–H groups in total. The van der Waals surface area contributed by atoms with Gasteiger partial charge in [-0.2, -0.15) is 0 Å². The number of rotatable bonds is 5. The summed E-state index contributed by atoms with van der Waals surface area (Å²) < 4.78 is 19.5. The summed E-state index contributed by atoms with van der Waals surface area (Å²) >= 11 is 5.87. The van der Waals surface area contributed by atoms with Crippen LogP contribution < -0.4 is 0 Å². The van der Waals surface area contributed by atoms with E-state index in [0.29, 0.717) is 6.04 Å². The molecule has 4 rings (SSSR count). The summed E-state index contributed by atoms with van der Waals surface area (Å²) in [6, 6.07) is 5.37. The van der Waals surface area contributed by atoms with Gasteiger partial charge in [0.05, 0.1) is 11.1 Å². The van der Waals surface area contributed by atoms with Crippen molar-refractivity contribution >= 4 is 17.5 Å². The molecule has 3 fully saturated rings. The number of nitrogens with zero attached hydrogens (tertiary/aromatic N) is 2. The number of carbonyl (C=O) groups excluding carboxylic acids is 1. The van der Waals surface area contributed by atoms with Crippen LogP contribution in [0.1, 0.15) is 50.5 Å². The average Bonchev–Trinajstić information content (AvgIpc) is 3.30. The van der Waals surface area contributed by atoms with Crippen LogP contribution in [0.15, 0.2) is 18.2 Å². The maximum atomic E-state index is 13.3. The second-order valence-electron chi connectivity index (χ2n) is 8.11. The van der Waals surface area contributed by atoms with Gasteiger partial charge in [0.2, 0.25) is 0 Å². The number of benzene rings is 1. The summed E-state index contributed by atoms with van der Waals surface area (Å²) in [6.45, 7) is 3.47. The molecular weight excluding hydrogens is 367 g/mol. The SMILES string of the molecule is O=C1C(OC2CCN(Cc3ccc(F)c(Cl)c3)CC2)CCN1C1CCCC1. The number of hydrogen-bond donors (Lipinski definition) is 0. The van der Waals surface area contributed by atoms with Crippen molar-refractivity contribution in [1.29, 1.82) is 0 Å². The molecule has 1 aromatic carbocycles. The van der Waals surface area contributed by atoms with E-state index in [4.69, 9.17) is 16.3 Å². The van der Waals surface area contributed by atoms with Crippen molar-refractivity contribution in [2.24, 2.45) is 0 Å². The molecule has 3 aliphatic rings. The summed E-state index contributed by atoms with van der Waals surface area (Å²) in [5.41, 5.74) is 1.03. The van der Waals surface area contributed by atoms with Crippen LogP contribution in [0.2, 0.25) is 5.02 Å². The predicted molar refractivity (Wildman–Crippen MR) is 103 cm³/mol. The van der Waals surface area contributed by atoms with E-state index in [1.807, 2.05) is 0 Å². The molecule has 1 amide bonds. The number of piperidine rings is 1. The standard InChI is InChI=1S/C21H28ClFN2O2/c22-18-13-15(5-6-19(18)23)14-24-10-7-17(8-11-24)27-20-9-12-25(21(20)26)16-3-1-2-4-16/h5-6,13,16-17,20H,1-4,7-12,14H2. The Morgan fingerprint density at radius 1 is 1.07 bits per heavy atom. The third-order valence-electron chi connectivity index (χ3n) is 6.24. The maximum Gasteiger partial charge on any atom is 0.252 e. The van der Waals surface area contributed by atoms with Crippen molar-refractivity contribution in [3.05, 3.63) is 34.6 Å². The Morgan fingerprint density at radius 3 is 2.52 bits per heavy atom. The van der Waals surface area contributed by atoms with Gasteiger partial charge < -0.3 is 9.64 Å². The van der Waals surface area contributed by atoms with Crippen molar-refractivity contribution in [2.75, 3.05) is 19.6 Å². The van der Waals surface area contributed by atoms with Crippen LogP contribution in [0.5, 0.6) is 0 Å². The molecule has 2 heterocycles. The smallest absolute Gasteiger partial charge is 0.252 e. The van der Waals surface area contributed by atoms with Crippen molar-refractivity contribution in [3.63, 3.8) is 0 Å². The van der Waals surface area contributed by atoms with E-state index in [1.165, 1.54) is 18.9 Å². The van der Waals surface area contributed by atoms with Crippen LogP contribution in [0, 0.1) is 5.82 Å². The zero-order valence-corrected chi connectivity index (χ0v) is 16.5. The lowest BCUT2D eigenvalue weighted by molar-refractivity contribution is -0.143. The molecule has 1 saturated carbocycles. The first-order valence-electron chi connectivity index (χ1n) is 10.2. The van der Waals surface area contributed by atoms with Gasteiger partial charge >= 0.3 is 0 Å². The summed E-state index contributed by atoms with van der Waals surface area (Å²) in [4.78, 5) is 17.1. The van der Waals surface area contributed by atoms with Crippen molar-refractivity contribution in [1.82, 2.24) is 9.80 Å². The number of carbonyl (C=O) groups is 1. The first-order valence-corrected chi connectivity index (χ1v) is 10.6. The molecule has 2 saturated heterocycles. The predicted octanol–water partition coefficient (Wildman–Crippen LogP) is 4.00. The molecule has 1 atom stereocenters. The highest BCUT2D eigenvalue weighted by molar-refractivity contribution is 6.30. The van der Waals surface area contributed by atoms with Crippen LogP contribution in [0.3, 0.4) is 0 Å². The maximum absolute atomic E-state index is 13.3. The molecule has 0 aromatic heterocycles. The van der Waals surface area contributed by atoms with Crippen molar-refractivity contribution in [3.8, 4) is 0 Å². The van der Waals surface area contributed by atoms with Gasteiger partial charge in [-0.15, -0.1) is 0 Å².